The summed E-state index contributed by atoms with van der Waals surface area (Å²) in [5.74, 6) is 5.65. The minimum atomic E-state index is -0.632. The van der Waals surface area contributed by atoms with Crippen LogP contribution >= 0.6 is 0 Å². The molecule has 0 spiro atoms. The molecule has 5 nitrogen and oxygen atoms in total. The molecule has 0 aliphatic heterocycles. The Balaban J connectivity index is 2.81. The number of anilines is 1. The molecular weight excluding hydrogens is 220 g/mol. The lowest BCUT2D eigenvalue weighted by Crippen LogP contribution is -2.41. The average molecular weight is 238 g/mol. The first-order valence-corrected chi connectivity index (χ1v) is 5.31. The Morgan fingerprint density at radius 1 is 1.47 bits per heavy atom. The summed E-state index contributed by atoms with van der Waals surface area (Å²) in [5, 5.41) is 9.91. The van der Waals surface area contributed by atoms with Crippen molar-refractivity contribution >= 4 is 11.8 Å². The number of nitrogens with zero attached hydrogens (tertiary/aromatic N) is 1. The molecule has 0 atom stereocenters. The predicted molar refractivity (Wildman–Crippen MR) is 65.3 cm³/mol. The van der Waals surface area contributed by atoms with Gasteiger partial charge in [-0.25, -0.2) is 15.6 Å². The van der Waals surface area contributed by atoms with Crippen molar-refractivity contribution in [2.24, 2.45) is 5.84 Å². The highest BCUT2D eigenvalue weighted by atomic mass is 16.6. The Morgan fingerprint density at radius 2 is 2.12 bits per heavy atom. The number of hydrazine groups is 1. The lowest BCUT2D eigenvalue weighted by Gasteiger charge is -2.24. The second-order valence-electron chi connectivity index (χ2n) is 4.68. The molecule has 3 N–H and O–H groups in total. The first-order chi connectivity index (χ1) is 7.83. The van der Waals surface area contributed by atoms with Crippen LogP contribution in [0.1, 0.15) is 26.3 Å². The number of carbonyl (C=O) groups is 1. The van der Waals surface area contributed by atoms with Crippen molar-refractivity contribution in [2.75, 3.05) is 5.01 Å². The summed E-state index contributed by atoms with van der Waals surface area (Å²) in [6, 6.07) is 6.75. The van der Waals surface area contributed by atoms with Gasteiger partial charge in [0.15, 0.2) is 0 Å². The zero-order chi connectivity index (χ0) is 13.1. The molecule has 0 saturated carbocycles. The summed E-state index contributed by atoms with van der Waals surface area (Å²) in [7, 11) is 0. The Morgan fingerprint density at radius 3 is 2.65 bits per heavy atom. The van der Waals surface area contributed by atoms with Gasteiger partial charge in [0.2, 0.25) is 0 Å². The third-order valence-corrected chi connectivity index (χ3v) is 1.96. The predicted octanol–water partition coefficient (Wildman–Crippen LogP) is 1.79. The van der Waals surface area contributed by atoms with Crippen LogP contribution in [0.25, 0.3) is 0 Å². The van der Waals surface area contributed by atoms with Gasteiger partial charge in [0.25, 0.3) is 0 Å². The lowest BCUT2D eigenvalue weighted by molar-refractivity contribution is 0.0580. The maximum atomic E-state index is 11.7. The van der Waals surface area contributed by atoms with Crippen LogP contribution in [-0.4, -0.2) is 16.8 Å². The second kappa shape index (κ2) is 5.16. The quantitative estimate of drug-likeness (QED) is 0.468. The maximum Gasteiger partial charge on any atom is 0.429 e. The third kappa shape index (κ3) is 4.05. The Labute approximate surface area is 101 Å². The van der Waals surface area contributed by atoms with Crippen LogP contribution in [0.5, 0.6) is 0 Å². The van der Waals surface area contributed by atoms with Gasteiger partial charge in [0, 0.05) is 0 Å². The van der Waals surface area contributed by atoms with E-state index in [1.54, 1.807) is 45.0 Å². The van der Waals surface area contributed by atoms with Crippen LogP contribution in [0.4, 0.5) is 10.5 Å². The van der Waals surface area contributed by atoms with Gasteiger partial charge in [-0.05, 0) is 38.5 Å². The summed E-state index contributed by atoms with van der Waals surface area (Å²) in [6.45, 7) is 5.20. The Bertz CT molecular complexity index is 399. The molecule has 0 saturated heterocycles. The van der Waals surface area contributed by atoms with Gasteiger partial charge in [-0.3, -0.25) is 0 Å². The summed E-state index contributed by atoms with van der Waals surface area (Å²) in [5.41, 5.74) is 0.566. The van der Waals surface area contributed by atoms with E-state index < -0.39 is 11.7 Å². The first kappa shape index (κ1) is 13.5. The number of benzene rings is 1. The minimum absolute atomic E-state index is 0.101. The number of hydrogen-bond acceptors (Lipinski definition) is 4. The fraction of sp³-hybridized carbons (Fsp3) is 0.417. The minimum Gasteiger partial charge on any atom is -0.442 e. The molecule has 17 heavy (non-hydrogen) atoms. The van der Waals surface area contributed by atoms with Crippen molar-refractivity contribution < 1.29 is 14.6 Å². The van der Waals surface area contributed by atoms with Gasteiger partial charge in [-0.15, -0.1) is 0 Å². The summed E-state index contributed by atoms with van der Waals surface area (Å²) in [4.78, 5) is 11.7. The van der Waals surface area contributed by atoms with E-state index in [1.165, 1.54) is 0 Å². The molecular formula is C12H18N2O3. The molecule has 0 unspecified atom stereocenters. The molecule has 5 heteroatoms. The van der Waals surface area contributed by atoms with E-state index in [9.17, 15) is 4.79 Å². The lowest BCUT2D eigenvalue weighted by atomic mass is 10.2. The Hall–Kier alpha value is -1.59. The van der Waals surface area contributed by atoms with Crippen molar-refractivity contribution in [2.45, 2.75) is 33.0 Å². The zero-order valence-corrected chi connectivity index (χ0v) is 10.3. The monoisotopic (exact) mass is 238 g/mol. The number of hydrogen-bond donors (Lipinski definition) is 2. The van der Waals surface area contributed by atoms with E-state index in [1.807, 2.05) is 0 Å². The highest BCUT2D eigenvalue weighted by Gasteiger charge is 2.21. The molecule has 94 valence electrons. The van der Waals surface area contributed by atoms with Crippen molar-refractivity contribution in [3.63, 3.8) is 0 Å². The third-order valence-electron chi connectivity index (χ3n) is 1.96. The van der Waals surface area contributed by atoms with Crippen molar-refractivity contribution in [1.82, 2.24) is 0 Å². The van der Waals surface area contributed by atoms with Gasteiger partial charge in [0.1, 0.15) is 5.60 Å². The number of carbonyl (C=O) groups excluding carboxylic acids is 1. The molecule has 0 aliphatic carbocycles. The Kier molecular flexibility index (Phi) is 4.09. The molecule has 0 heterocycles. The second-order valence-corrected chi connectivity index (χ2v) is 4.68. The molecule has 1 aromatic carbocycles. The topological polar surface area (TPSA) is 75.8 Å². The van der Waals surface area contributed by atoms with Gasteiger partial charge >= 0.3 is 6.09 Å². The summed E-state index contributed by atoms with van der Waals surface area (Å²) in [6.07, 6.45) is -0.632. The number of nitrogens with two attached hydrogens (primary N) is 1. The molecule has 0 aromatic heterocycles. The van der Waals surface area contributed by atoms with Crippen LogP contribution in [0.15, 0.2) is 24.3 Å². The zero-order valence-electron chi connectivity index (χ0n) is 10.3. The van der Waals surface area contributed by atoms with Gasteiger partial charge in [0.05, 0.1) is 12.3 Å². The van der Waals surface area contributed by atoms with E-state index in [0.29, 0.717) is 11.3 Å². The van der Waals surface area contributed by atoms with Crippen LogP contribution in [0, 0.1) is 0 Å². The number of amides is 1. The van der Waals surface area contributed by atoms with Crippen LogP contribution in [0.3, 0.4) is 0 Å². The average Bonchev–Trinajstić information content (AvgIpc) is 2.26. The van der Waals surface area contributed by atoms with Crippen molar-refractivity contribution in [3.05, 3.63) is 29.8 Å². The molecule has 0 aliphatic rings. The summed E-state index contributed by atoms with van der Waals surface area (Å²) >= 11 is 0. The van der Waals surface area contributed by atoms with E-state index >= 15 is 0 Å². The van der Waals surface area contributed by atoms with E-state index in [0.717, 1.165) is 5.01 Å². The number of aliphatic hydroxyl groups is 1. The molecule has 0 bridgehead atoms. The largest absolute Gasteiger partial charge is 0.442 e. The van der Waals surface area contributed by atoms with Crippen molar-refractivity contribution in [3.8, 4) is 0 Å². The molecule has 1 aromatic rings. The fourth-order valence-electron chi connectivity index (χ4n) is 1.22. The smallest absolute Gasteiger partial charge is 0.429 e. The SMILES string of the molecule is CC(C)(C)OC(=O)N(N)c1cccc(CO)c1. The van der Waals surface area contributed by atoms with E-state index in [2.05, 4.69) is 0 Å². The first-order valence-electron chi connectivity index (χ1n) is 5.31. The standard InChI is InChI=1S/C12H18N2O3/c1-12(2,3)17-11(16)14(13)10-6-4-5-9(7-10)8-15/h4-7,15H,8,13H2,1-3H3. The van der Waals surface area contributed by atoms with Crippen LogP contribution in [0.2, 0.25) is 0 Å². The number of ether oxygens (including phenoxy) is 1. The van der Waals surface area contributed by atoms with Gasteiger partial charge in [-0.1, -0.05) is 12.1 Å². The normalized spacial score (nSPS) is 11.1. The maximum absolute atomic E-state index is 11.7. The fourth-order valence-corrected chi connectivity index (χ4v) is 1.22. The van der Waals surface area contributed by atoms with Crippen LogP contribution in [-0.2, 0) is 11.3 Å². The molecule has 1 rings (SSSR count). The molecule has 1 amide bonds. The number of rotatable bonds is 2. The summed E-state index contributed by atoms with van der Waals surface area (Å²) < 4.78 is 5.13. The van der Waals surface area contributed by atoms with E-state index in [-0.39, 0.29) is 6.61 Å². The van der Waals surface area contributed by atoms with Gasteiger partial charge < -0.3 is 9.84 Å². The van der Waals surface area contributed by atoms with Crippen molar-refractivity contribution in [1.29, 1.82) is 0 Å². The number of aliphatic hydroxyl groups excluding tert-OH is 1. The van der Waals surface area contributed by atoms with Gasteiger partial charge in [-0.2, -0.15) is 0 Å². The molecule has 0 radical (unpaired) electrons. The highest BCUT2D eigenvalue weighted by Crippen LogP contribution is 2.16. The van der Waals surface area contributed by atoms with Crippen LogP contribution < -0.4 is 10.9 Å². The highest BCUT2D eigenvalue weighted by molar-refractivity contribution is 5.86. The molecule has 0 fully saturated rings. The van der Waals surface area contributed by atoms with E-state index in [4.69, 9.17) is 15.7 Å².